The molecule has 0 aliphatic carbocycles. The molecule has 11 heteroatoms. The molecule has 0 saturated heterocycles. The van der Waals surface area contributed by atoms with Crippen LogP contribution in [0.2, 0.25) is 0 Å². The van der Waals surface area contributed by atoms with Gasteiger partial charge in [0.2, 0.25) is 0 Å². The molecule has 130 valence electrons. The monoisotopic (exact) mass is 409 g/mol. The minimum absolute atomic E-state index is 0.0726. The van der Waals surface area contributed by atoms with Crippen molar-refractivity contribution >= 4 is 21.9 Å². The lowest BCUT2D eigenvalue weighted by molar-refractivity contribution is -0.276. The van der Waals surface area contributed by atoms with E-state index in [2.05, 4.69) is 30.4 Å². The van der Waals surface area contributed by atoms with Gasteiger partial charge in [-0.15, -0.1) is 13.2 Å². The first-order chi connectivity index (χ1) is 10.5. The molecule has 0 aliphatic heterocycles. The number of pyridine rings is 1. The number of esters is 1. The molecule has 0 atom stereocenters. The summed E-state index contributed by atoms with van der Waals surface area (Å²) in [5, 5.41) is -0.155. The third-order valence-electron chi connectivity index (χ3n) is 2.37. The number of rotatable bonds is 5. The second kappa shape index (κ2) is 7.37. The van der Waals surface area contributed by atoms with Gasteiger partial charge in [-0.3, -0.25) is 4.79 Å². The lowest BCUT2D eigenvalue weighted by atomic mass is 10.1. The van der Waals surface area contributed by atoms with Gasteiger partial charge in [-0.2, -0.15) is 13.2 Å². The smallest absolute Gasteiger partial charge is 0.466 e. The third kappa shape index (κ3) is 5.88. The van der Waals surface area contributed by atoms with Crippen LogP contribution in [0.25, 0.3) is 0 Å². The van der Waals surface area contributed by atoms with Crippen LogP contribution < -0.4 is 4.74 Å². The number of carbonyl (C=O) groups is 1. The molecule has 1 heterocycles. The Labute approximate surface area is 134 Å². The Morgan fingerprint density at radius 3 is 2.30 bits per heavy atom. The number of hydrogen-bond acceptors (Lipinski definition) is 4. The van der Waals surface area contributed by atoms with Crippen LogP contribution in [0.5, 0.6) is 5.75 Å². The van der Waals surface area contributed by atoms with Crippen LogP contribution in [0.15, 0.2) is 6.07 Å². The van der Waals surface area contributed by atoms with Gasteiger partial charge in [-0.05, 0) is 13.0 Å². The summed E-state index contributed by atoms with van der Waals surface area (Å²) in [7, 11) is 0. The fourth-order valence-corrected chi connectivity index (χ4v) is 1.92. The molecule has 1 rings (SSSR count). The fourth-order valence-electron chi connectivity index (χ4n) is 1.63. The molecule has 23 heavy (non-hydrogen) atoms. The van der Waals surface area contributed by atoms with Crippen molar-refractivity contribution in [2.75, 3.05) is 6.61 Å². The molecule has 0 radical (unpaired) electrons. The van der Waals surface area contributed by atoms with Crippen molar-refractivity contribution in [1.29, 1.82) is 0 Å². The topological polar surface area (TPSA) is 48.4 Å². The number of carbonyl (C=O) groups excluding carboxylic acids is 1. The highest BCUT2D eigenvalue weighted by molar-refractivity contribution is 9.08. The molecule has 0 fully saturated rings. The zero-order chi connectivity index (χ0) is 17.8. The Kier molecular flexibility index (Phi) is 6.25. The summed E-state index contributed by atoms with van der Waals surface area (Å²) < 4.78 is 84.1. The van der Waals surface area contributed by atoms with Crippen molar-refractivity contribution in [3.63, 3.8) is 0 Å². The van der Waals surface area contributed by atoms with Gasteiger partial charge in [-0.1, -0.05) is 15.9 Å². The minimum Gasteiger partial charge on any atom is -0.466 e. The molecule has 4 nitrogen and oxygen atoms in total. The number of hydrogen-bond donors (Lipinski definition) is 0. The van der Waals surface area contributed by atoms with E-state index in [1.165, 1.54) is 6.92 Å². The first kappa shape index (κ1) is 19.5. The number of aromatic nitrogens is 1. The maximum absolute atomic E-state index is 13.0. The first-order valence-electron chi connectivity index (χ1n) is 6.05. The molecule has 0 amide bonds. The average Bonchev–Trinajstić information content (AvgIpc) is 2.37. The molecular formula is C12H10BrF6NO3. The van der Waals surface area contributed by atoms with Gasteiger partial charge >= 0.3 is 18.5 Å². The molecular weight excluding hydrogens is 400 g/mol. The summed E-state index contributed by atoms with van der Waals surface area (Å²) in [4.78, 5) is 14.5. The largest absolute Gasteiger partial charge is 0.573 e. The van der Waals surface area contributed by atoms with Crippen LogP contribution in [0.1, 0.15) is 23.9 Å². The van der Waals surface area contributed by atoms with Gasteiger partial charge in [0, 0.05) is 10.9 Å². The van der Waals surface area contributed by atoms with Gasteiger partial charge in [0.25, 0.3) is 0 Å². The zero-order valence-corrected chi connectivity index (χ0v) is 13.1. The van der Waals surface area contributed by atoms with E-state index in [0.29, 0.717) is 0 Å². The van der Waals surface area contributed by atoms with Crippen molar-refractivity contribution in [3.05, 3.63) is 23.0 Å². The molecule has 0 aliphatic rings. The van der Waals surface area contributed by atoms with Crippen LogP contribution in [-0.4, -0.2) is 23.9 Å². The van der Waals surface area contributed by atoms with E-state index < -0.39 is 41.9 Å². The normalized spacial score (nSPS) is 12.2. The van der Waals surface area contributed by atoms with Crippen molar-refractivity contribution in [1.82, 2.24) is 4.98 Å². The summed E-state index contributed by atoms with van der Waals surface area (Å²) in [6, 6.07) is 0.919. The molecule has 1 aromatic rings. The van der Waals surface area contributed by atoms with E-state index >= 15 is 0 Å². The Morgan fingerprint density at radius 2 is 1.87 bits per heavy atom. The van der Waals surface area contributed by atoms with Crippen molar-refractivity contribution in [2.24, 2.45) is 0 Å². The van der Waals surface area contributed by atoms with E-state index in [0.717, 1.165) is 6.07 Å². The number of alkyl halides is 7. The molecule has 0 unspecified atom stereocenters. The van der Waals surface area contributed by atoms with E-state index in [9.17, 15) is 31.1 Å². The van der Waals surface area contributed by atoms with Crippen LogP contribution in [0, 0.1) is 0 Å². The van der Waals surface area contributed by atoms with Crippen molar-refractivity contribution in [2.45, 2.75) is 31.2 Å². The standard InChI is InChI=1S/C12H10BrF6NO3/c1-2-22-8(21)4-6-3-7(5-13)20-10(11(14,15)16)9(6)23-12(17,18)19/h3H,2,4-5H2,1H3. The van der Waals surface area contributed by atoms with Crippen molar-refractivity contribution in [3.8, 4) is 5.75 Å². The van der Waals surface area contributed by atoms with Gasteiger partial charge < -0.3 is 9.47 Å². The maximum atomic E-state index is 13.0. The molecule has 0 aromatic carbocycles. The van der Waals surface area contributed by atoms with Crippen LogP contribution in [-0.2, 0) is 27.5 Å². The van der Waals surface area contributed by atoms with Gasteiger partial charge in [0.15, 0.2) is 11.4 Å². The van der Waals surface area contributed by atoms with E-state index in [1.807, 2.05) is 0 Å². The third-order valence-corrected chi connectivity index (χ3v) is 2.94. The molecule has 0 N–H and O–H groups in total. The van der Waals surface area contributed by atoms with E-state index in [1.54, 1.807) is 0 Å². The highest BCUT2D eigenvalue weighted by Gasteiger charge is 2.42. The Morgan fingerprint density at radius 1 is 1.26 bits per heavy atom. The Hall–Kier alpha value is -1.52. The van der Waals surface area contributed by atoms with E-state index in [-0.39, 0.29) is 17.6 Å². The molecule has 0 spiro atoms. The van der Waals surface area contributed by atoms with Gasteiger partial charge in [-0.25, -0.2) is 4.98 Å². The summed E-state index contributed by atoms with van der Waals surface area (Å²) in [5.74, 6) is -2.54. The second-order valence-electron chi connectivity index (χ2n) is 4.11. The van der Waals surface area contributed by atoms with E-state index in [4.69, 9.17) is 0 Å². The second-order valence-corrected chi connectivity index (χ2v) is 4.67. The molecule has 1 aromatic heterocycles. The SMILES string of the molecule is CCOC(=O)Cc1cc(CBr)nc(C(F)(F)F)c1OC(F)(F)F. The summed E-state index contributed by atoms with van der Waals surface area (Å²) >= 11 is 2.87. The summed E-state index contributed by atoms with van der Waals surface area (Å²) in [6.45, 7) is 1.37. The highest BCUT2D eigenvalue weighted by Crippen LogP contribution is 2.40. The van der Waals surface area contributed by atoms with Crippen LogP contribution in [0.3, 0.4) is 0 Å². The minimum atomic E-state index is -5.37. The zero-order valence-electron chi connectivity index (χ0n) is 11.5. The predicted octanol–water partition coefficient (Wildman–Crippen LogP) is 4.00. The lowest BCUT2D eigenvalue weighted by Crippen LogP contribution is -2.23. The highest BCUT2D eigenvalue weighted by atomic mass is 79.9. The quantitative estimate of drug-likeness (QED) is 0.419. The van der Waals surface area contributed by atoms with Crippen molar-refractivity contribution < 1.29 is 40.6 Å². The molecule has 0 saturated carbocycles. The number of ether oxygens (including phenoxy) is 2. The number of nitrogens with zero attached hydrogens (tertiary/aromatic N) is 1. The fraction of sp³-hybridized carbons (Fsp3) is 0.500. The van der Waals surface area contributed by atoms with Gasteiger partial charge in [0.1, 0.15) is 0 Å². The van der Waals surface area contributed by atoms with Crippen LogP contribution in [0.4, 0.5) is 26.3 Å². The van der Waals surface area contributed by atoms with Crippen LogP contribution >= 0.6 is 15.9 Å². The Bertz CT molecular complexity index is 573. The lowest BCUT2D eigenvalue weighted by Gasteiger charge is -2.18. The Balaban J connectivity index is 3.46. The summed E-state index contributed by atoms with van der Waals surface area (Å²) in [5.41, 5.74) is -2.67. The maximum Gasteiger partial charge on any atom is 0.573 e. The summed E-state index contributed by atoms with van der Waals surface area (Å²) in [6.07, 6.45) is -11.4. The van der Waals surface area contributed by atoms with Gasteiger partial charge in [0.05, 0.1) is 18.7 Å². The number of halogens is 7. The predicted molar refractivity (Wildman–Crippen MR) is 68.9 cm³/mol. The average molecular weight is 410 g/mol. The molecule has 0 bridgehead atoms. The first-order valence-corrected chi connectivity index (χ1v) is 7.17.